The number of carbonyl (C=O) groups excluding carboxylic acids is 1. The summed E-state index contributed by atoms with van der Waals surface area (Å²) in [6.45, 7) is 2.33. The van der Waals surface area contributed by atoms with Crippen LogP contribution >= 0.6 is 0 Å². The highest BCUT2D eigenvalue weighted by Gasteiger charge is 2.13. The zero-order chi connectivity index (χ0) is 17.7. The lowest BCUT2D eigenvalue weighted by Gasteiger charge is -2.11. The van der Waals surface area contributed by atoms with Gasteiger partial charge in [0.2, 0.25) is 0 Å². The second-order valence-corrected chi connectivity index (χ2v) is 5.33. The van der Waals surface area contributed by atoms with Crippen LogP contribution < -0.4 is 10.2 Å². The predicted octanol–water partition coefficient (Wildman–Crippen LogP) is 4.06. The predicted molar refractivity (Wildman–Crippen MR) is 88.7 cm³/mol. The van der Waals surface area contributed by atoms with Gasteiger partial charge in [-0.3, -0.25) is 4.79 Å². The molecule has 0 fully saturated rings. The number of nitrogens with zero attached hydrogens (tertiary/aromatic N) is 1. The first kappa shape index (κ1) is 17.6. The lowest BCUT2D eigenvalue weighted by Crippen LogP contribution is -2.20. The highest BCUT2D eigenvalue weighted by atomic mass is 19.3. The molecule has 2 rings (SSSR count). The van der Waals surface area contributed by atoms with Crippen molar-refractivity contribution in [2.75, 3.05) is 0 Å². The number of carbonyl (C=O) groups is 1. The molecular formula is C18H18F2N2O2. The summed E-state index contributed by atoms with van der Waals surface area (Å²) < 4.78 is 29.5. The summed E-state index contributed by atoms with van der Waals surface area (Å²) in [6, 6.07) is 11.9. The summed E-state index contributed by atoms with van der Waals surface area (Å²) >= 11 is 0. The molecule has 126 valence electrons. The van der Waals surface area contributed by atoms with Crippen molar-refractivity contribution in [3.05, 3.63) is 64.7 Å². The Morgan fingerprint density at radius 3 is 2.50 bits per heavy atom. The number of halogens is 2. The van der Waals surface area contributed by atoms with Crippen LogP contribution in [0.4, 0.5) is 8.78 Å². The molecule has 0 aliphatic heterocycles. The third-order valence-corrected chi connectivity index (χ3v) is 3.46. The third-order valence-electron chi connectivity index (χ3n) is 3.46. The Hall–Kier alpha value is -2.76. The van der Waals surface area contributed by atoms with Crippen molar-refractivity contribution in [3.8, 4) is 5.75 Å². The van der Waals surface area contributed by atoms with Crippen LogP contribution in [0.1, 0.15) is 34.0 Å². The normalized spacial score (nSPS) is 11.5. The number of benzene rings is 2. The molecule has 0 saturated heterocycles. The molecule has 0 heterocycles. The number of amides is 1. The van der Waals surface area contributed by atoms with E-state index in [0.29, 0.717) is 16.8 Å². The summed E-state index contributed by atoms with van der Waals surface area (Å²) in [5.74, 6) is -0.349. The van der Waals surface area contributed by atoms with Crippen LogP contribution in [-0.4, -0.2) is 18.2 Å². The van der Waals surface area contributed by atoms with Gasteiger partial charge in [0, 0.05) is 11.1 Å². The summed E-state index contributed by atoms with van der Waals surface area (Å²) in [6.07, 6.45) is 0. The molecule has 0 atom stereocenters. The van der Waals surface area contributed by atoms with Crippen molar-refractivity contribution in [2.45, 2.75) is 27.4 Å². The van der Waals surface area contributed by atoms with E-state index in [1.165, 1.54) is 6.07 Å². The first-order chi connectivity index (χ1) is 11.4. The Morgan fingerprint density at radius 1 is 1.12 bits per heavy atom. The van der Waals surface area contributed by atoms with Crippen molar-refractivity contribution in [1.82, 2.24) is 5.43 Å². The van der Waals surface area contributed by atoms with Gasteiger partial charge in [-0.25, -0.2) is 5.43 Å². The highest BCUT2D eigenvalue weighted by molar-refractivity contribution is 6.03. The van der Waals surface area contributed by atoms with Gasteiger partial charge < -0.3 is 4.74 Å². The molecule has 0 unspecified atom stereocenters. The molecule has 0 radical (unpaired) electrons. The molecule has 0 aliphatic carbocycles. The van der Waals surface area contributed by atoms with E-state index in [2.05, 4.69) is 15.3 Å². The minimum atomic E-state index is -2.93. The molecule has 0 bridgehead atoms. The Labute approximate surface area is 139 Å². The van der Waals surface area contributed by atoms with Crippen molar-refractivity contribution in [2.24, 2.45) is 5.10 Å². The fourth-order valence-electron chi connectivity index (χ4n) is 2.21. The SMILES string of the molecule is C/C(=N/NC(=O)c1ccccc1C)c1cc(C)ccc1OC(F)F. The van der Waals surface area contributed by atoms with Gasteiger partial charge in [-0.15, -0.1) is 0 Å². The molecule has 0 spiro atoms. The second kappa shape index (κ2) is 7.68. The fraction of sp³-hybridized carbons (Fsp3) is 0.222. The number of hydrogen-bond donors (Lipinski definition) is 1. The Morgan fingerprint density at radius 2 is 1.83 bits per heavy atom. The fourth-order valence-corrected chi connectivity index (χ4v) is 2.21. The van der Waals surface area contributed by atoms with Crippen LogP contribution in [0.5, 0.6) is 5.75 Å². The molecule has 2 aromatic rings. The van der Waals surface area contributed by atoms with Crippen molar-refractivity contribution < 1.29 is 18.3 Å². The molecule has 1 amide bonds. The molecular weight excluding hydrogens is 314 g/mol. The summed E-state index contributed by atoms with van der Waals surface area (Å²) in [4.78, 5) is 12.2. The van der Waals surface area contributed by atoms with Gasteiger partial charge >= 0.3 is 6.61 Å². The highest BCUT2D eigenvalue weighted by Crippen LogP contribution is 2.22. The first-order valence-corrected chi connectivity index (χ1v) is 7.34. The van der Waals surface area contributed by atoms with Crippen molar-refractivity contribution in [1.29, 1.82) is 0 Å². The van der Waals surface area contributed by atoms with Gasteiger partial charge in [0.05, 0.1) is 5.71 Å². The Bertz CT molecular complexity index is 773. The molecule has 0 aromatic heterocycles. The number of hydrazone groups is 1. The van der Waals surface area contributed by atoms with E-state index in [1.807, 2.05) is 26.0 Å². The summed E-state index contributed by atoms with van der Waals surface area (Å²) in [5.41, 5.74) is 5.41. The number of rotatable bonds is 5. The third kappa shape index (κ3) is 4.38. The van der Waals surface area contributed by atoms with Crippen molar-refractivity contribution in [3.63, 3.8) is 0 Å². The maximum Gasteiger partial charge on any atom is 0.387 e. The van der Waals surface area contributed by atoms with Gasteiger partial charge in [-0.2, -0.15) is 13.9 Å². The average Bonchev–Trinajstić information content (AvgIpc) is 2.54. The minimum absolute atomic E-state index is 0.0157. The molecule has 0 saturated carbocycles. The maximum absolute atomic E-state index is 12.5. The quantitative estimate of drug-likeness (QED) is 0.663. The van der Waals surface area contributed by atoms with E-state index in [4.69, 9.17) is 0 Å². The number of alkyl halides is 2. The van der Waals surface area contributed by atoms with E-state index in [1.54, 1.807) is 31.2 Å². The lowest BCUT2D eigenvalue weighted by atomic mass is 10.1. The molecule has 0 aliphatic rings. The molecule has 4 nitrogen and oxygen atoms in total. The van der Waals surface area contributed by atoms with Crippen LogP contribution in [0.2, 0.25) is 0 Å². The Balaban J connectivity index is 2.23. The molecule has 1 N–H and O–H groups in total. The first-order valence-electron chi connectivity index (χ1n) is 7.34. The van der Waals surface area contributed by atoms with Gasteiger partial charge in [0.25, 0.3) is 5.91 Å². The summed E-state index contributed by atoms with van der Waals surface area (Å²) in [5, 5.41) is 4.01. The average molecular weight is 332 g/mol. The number of ether oxygens (including phenoxy) is 1. The zero-order valence-electron chi connectivity index (χ0n) is 13.6. The van der Waals surface area contributed by atoms with Gasteiger partial charge in [0.15, 0.2) is 0 Å². The molecule has 2 aromatic carbocycles. The number of aryl methyl sites for hydroxylation is 2. The smallest absolute Gasteiger partial charge is 0.387 e. The van der Waals surface area contributed by atoms with Gasteiger partial charge in [0.1, 0.15) is 5.75 Å². The Kier molecular flexibility index (Phi) is 5.63. The van der Waals surface area contributed by atoms with Crippen LogP contribution in [-0.2, 0) is 0 Å². The van der Waals surface area contributed by atoms with Crippen molar-refractivity contribution >= 4 is 11.6 Å². The minimum Gasteiger partial charge on any atom is -0.434 e. The van der Waals surface area contributed by atoms with E-state index < -0.39 is 6.61 Å². The largest absolute Gasteiger partial charge is 0.434 e. The van der Waals surface area contributed by atoms with Gasteiger partial charge in [-0.1, -0.05) is 29.8 Å². The number of nitrogens with one attached hydrogen (secondary N) is 1. The van der Waals surface area contributed by atoms with Crippen LogP contribution in [0.25, 0.3) is 0 Å². The maximum atomic E-state index is 12.5. The van der Waals surface area contributed by atoms with E-state index in [9.17, 15) is 13.6 Å². The monoisotopic (exact) mass is 332 g/mol. The summed E-state index contributed by atoms with van der Waals surface area (Å²) in [7, 11) is 0. The van der Waals surface area contributed by atoms with Crippen LogP contribution in [0.3, 0.4) is 0 Å². The molecule has 6 heteroatoms. The van der Waals surface area contributed by atoms with E-state index >= 15 is 0 Å². The lowest BCUT2D eigenvalue weighted by molar-refractivity contribution is -0.0499. The standard InChI is InChI=1S/C18H18F2N2O2/c1-11-8-9-16(24-18(19)20)15(10-11)13(3)21-22-17(23)14-7-5-4-6-12(14)2/h4-10,18H,1-3H3,(H,22,23)/b21-13-. The van der Waals surface area contributed by atoms with Crippen LogP contribution in [0, 0.1) is 13.8 Å². The van der Waals surface area contributed by atoms with E-state index in [0.717, 1.165) is 11.1 Å². The van der Waals surface area contributed by atoms with E-state index in [-0.39, 0.29) is 11.7 Å². The zero-order valence-corrected chi connectivity index (χ0v) is 13.6. The van der Waals surface area contributed by atoms with Crippen LogP contribution in [0.15, 0.2) is 47.6 Å². The topological polar surface area (TPSA) is 50.7 Å². The molecule has 24 heavy (non-hydrogen) atoms. The second-order valence-electron chi connectivity index (χ2n) is 5.33. The number of hydrogen-bond acceptors (Lipinski definition) is 3. The van der Waals surface area contributed by atoms with Gasteiger partial charge in [-0.05, 0) is 44.5 Å².